The largest absolute Gasteiger partial charge is 0.465 e. The molecule has 1 aromatic carbocycles. The summed E-state index contributed by atoms with van der Waals surface area (Å²) in [7, 11) is 0. The van der Waals surface area contributed by atoms with Crippen molar-refractivity contribution in [3.63, 3.8) is 0 Å². The van der Waals surface area contributed by atoms with Crippen LogP contribution in [0.25, 0.3) is 11.2 Å². The molecule has 0 unspecified atom stereocenters. The summed E-state index contributed by atoms with van der Waals surface area (Å²) >= 11 is 2.29. The zero-order valence-corrected chi connectivity index (χ0v) is 21.6. The number of ether oxygens (including phenoxy) is 3. The Labute approximate surface area is 207 Å². The average Bonchev–Trinajstić information content (AvgIpc) is 3.05. The molecule has 3 aromatic rings. The Balaban J connectivity index is 1.91. The van der Waals surface area contributed by atoms with E-state index in [0.717, 1.165) is 22.0 Å². The van der Waals surface area contributed by atoms with Gasteiger partial charge in [-0.2, -0.15) is 15.0 Å². The van der Waals surface area contributed by atoms with Crippen LogP contribution < -0.4 is 15.2 Å². The number of hydrogen-bond donors (Lipinski definition) is 1. The Hall–Kier alpha value is -2.63. The van der Waals surface area contributed by atoms with Crippen LogP contribution in [0.15, 0.2) is 24.3 Å². The van der Waals surface area contributed by atoms with E-state index in [4.69, 9.17) is 19.9 Å². The fourth-order valence-corrected chi connectivity index (χ4v) is 3.52. The molecule has 0 spiro atoms. The summed E-state index contributed by atoms with van der Waals surface area (Å²) in [5.41, 5.74) is 8.45. The minimum absolute atomic E-state index is 0.192. The Morgan fingerprint density at radius 1 is 1.15 bits per heavy atom. The fourth-order valence-electron chi connectivity index (χ4n) is 3.21. The van der Waals surface area contributed by atoms with Crippen LogP contribution in [0.4, 0.5) is 5.82 Å². The van der Waals surface area contributed by atoms with Crippen molar-refractivity contribution in [2.45, 2.75) is 52.7 Å². The van der Waals surface area contributed by atoms with E-state index < -0.39 is 5.60 Å². The summed E-state index contributed by atoms with van der Waals surface area (Å²) in [4.78, 5) is 25.5. The molecule has 0 aliphatic carbocycles. The number of nitrogen functional groups attached to an aromatic ring is 1. The van der Waals surface area contributed by atoms with Crippen molar-refractivity contribution in [3.05, 3.63) is 35.4 Å². The Bertz CT molecular complexity index is 1110. The molecular weight excluding hydrogens is 537 g/mol. The van der Waals surface area contributed by atoms with E-state index in [9.17, 15) is 4.79 Å². The van der Waals surface area contributed by atoms with E-state index in [1.165, 1.54) is 0 Å². The molecule has 0 aliphatic rings. The standard InChI is InChI=1S/C23H30IN5O4/c1-5-31-22-26-18-19(25)27-21(32-11-7-10-24)28-20(18)29(22)14-16-9-6-8-15(12-16)13-17(30)33-23(2,3)4/h6,8-9,12H,5,7,10-11,13-14H2,1-4H3,(H2,25,27,28). The molecule has 3 rings (SSSR count). The molecule has 2 aromatic heterocycles. The molecule has 0 saturated heterocycles. The van der Waals surface area contributed by atoms with Crippen molar-refractivity contribution in [1.29, 1.82) is 0 Å². The summed E-state index contributed by atoms with van der Waals surface area (Å²) in [6.45, 7) is 8.83. The van der Waals surface area contributed by atoms with E-state index >= 15 is 0 Å². The first-order valence-electron chi connectivity index (χ1n) is 10.8. The highest BCUT2D eigenvalue weighted by atomic mass is 127. The molecule has 9 nitrogen and oxygen atoms in total. The van der Waals surface area contributed by atoms with Gasteiger partial charge in [-0.05, 0) is 45.2 Å². The predicted octanol–water partition coefficient (Wildman–Crippen LogP) is 3.94. The van der Waals surface area contributed by atoms with Crippen LogP contribution in [0.1, 0.15) is 45.2 Å². The van der Waals surface area contributed by atoms with Gasteiger partial charge in [-0.15, -0.1) is 0 Å². The highest BCUT2D eigenvalue weighted by Crippen LogP contribution is 2.27. The van der Waals surface area contributed by atoms with Crippen LogP contribution in [0.5, 0.6) is 12.0 Å². The third kappa shape index (κ3) is 6.92. The van der Waals surface area contributed by atoms with Gasteiger partial charge < -0.3 is 19.9 Å². The molecule has 178 valence electrons. The first-order chi connectivity index (χ1) is 15.7. The summed E-state index contributed by atoms with van der Waals surface area (Å²) < 4.78 is 19.7. The topological polar surface area (TPSA) is 114 Å². The highest BCUT2D eigenvalue weighted by Gasteiger charge is 2.20. The lowest BCUT2D eigenvalue weighted by atomic mass is 10.1. The lowest BCUT2D eigenvalue weighted by molar-refractivity contribution is -0.153. The quantitative estimate of drug-likeness (QED) is 0.170. The molecule has 2 N–H and O–H groups in total. The minimum atomic E-state index is -0.521. The summed E-state index contributed by atoms with van der Waals surface area (Å²) in [5, 5.41) is 0. The number of aromatic nitrogens is 4. The number of benzene rings is 1. The molecule has 2 heterocycles. The van der Waals surface area contributed by atoms with E-state index in [0.29, 0.717) is 36.9 Å². The zero-order chi connectivity index (χ0) is 24.0. The van der Waals surface area contributed by atoms with Crippen LogP contribution in [-0.4, -0.2) is 48.7 Å². The summed E-state index contributed by atoms with van der Waals surface area (Å²) in [6, 6.07) is 8.37. The fraction of sp³-hybridized carbons (Fsp3) is 0.478. The van der Waals surface area contributed by atoms with Crippen molar-refractivity contribution < 1.29 is 19.0 Å². The third-order valence-electron chi connectivity index (χ3n) is 4.45. The van der Waals surface area contributed by atoms with Gasteiger partial charge in [0.1, 0.15) is 5.60 Å². The van der Waals surface area contributed by atoms with Crippen molar-refractivity contribution in [2.75, 3.05) is 23.4 Å². The number of hydrogen-bond acceptors (Lipinski definition) is 8. The van der Waals surface area contributed by atoms with Gasteiger partial charge in [0.2, 0.25) is 0 Å². The van der Waals surface area contributed by atoms with Gasteiger partial charge in [0.05, 0.1) is 26.2 Å². The SMILES string of the molecule is CCOc1nc2c(N)nc(OCCCI)nc2n1Cc1cccc(CC(=O)OC(C)(C)C)c1. The van der Waals surface area contributed by atoms with Gasteiger partial charge in [0, 0.05) is 4.43 Å². The van der Waals surface area contributed by atoms with E-state index in [1.807, 2.05) is 56.5 Å². The smallest absolute Gasteiger partial charge is 0.320 e. The number of rotatable bonds is 10. The molecule has 0 radical (unpaired) electrons. The van der Waals surface area contributed by atoms with Crippen LogP contribution in [-0.2, 0) is 22.5 Å². The lowest BCUT2D eigenvalue weighted by Crippen LogP contribution is -2.24. The first kappa shape index (κ1) is 25.0. The first-order valence-corrected chi connectivity index (χ1v) is 12.4. The van der Waals surface area contributed by atoms with Gasteiger partial charge in [0.15, 0.2) is 17.0 Å². The average molecular weight is 567 g/mol. The number of anilines is 1. The number of nitrogens with two attached hydrogens (primary N) is 1. The Kier molecular flexibility index (Phi) is 8.33. The Morgan fingerprint density at radius 2 is 1.91 bits per heavy atom. The van der Waals surface area contributed by atoms with Crippen LogP contribution in [0, 0.1) is 0 Å². The molecule has 0 atom stereocenters. The minimum Gasteiger partial charge on any atom is -0.465 e. The lowest BCUT2D eigenvalue weighted by Gasteiger charge is -2.19. The van der Waals surface area contributed by atoms with E-state index in [2.05, 4.69) is 37.5 Å². The maximum atomic E-state index is 12.3. The number of nitrogens with zero attached hydrogens (tertiary/aromatic N) is 4. The Morgan fingerprint density at radius 3 is 2.61 bits per heavy atom. The number of esters is 1. The molecule has 0 aliphatic heterocycles. The second-order valence-electron chi connectivity index (χ2n) is 8.45. The normalized spacial score (nSPS) is 11.5. The van der Waals surface area contributed by atoms with E-state index in [1.54, 1.807) is 0 Å². The molecule has 0 fully saturated rings. The summed E-state index contributed by atoms with van der Waals surface area (Å²) in [6.07, 6.45) is 1.08. The monoisotopic (exact) mass is 567 g/mol. The van der Waals surface area contributed by atoms with Crippen molar-refractivity contribution >= 4 is 45.5 Å². The maximum Gasteiger partial charge on any atom is 0.320 e. The number of carbonyl (C=O) groups excluding carboxylic acids is 1. The molecular formula is C23H30IN5O4. The number of halogens is 1. The van der Waals surface area contributed by atoms with Gasteiger partial charge in [-0.1, -0.05) is 46.9 Å². The van der Waals surface area contributed by atoms with Gasteiger partial charge >= 0.3 is 12.0 Å². The molecule has 0 saturated carbocycles. The van der Waals surface area contributed by atoms with Gasteiger partial charge in [0.25, 0.3) is 6.01 Å². The van der Waals surface area contributed by atoms with Crippen molar-refractivity contribution in [1.82, 2.24) is 19.5 Å². The second-order valence-corrected chi connectivity index (χ2v) is 9.53. The number of fused-ring (bicyclic) bond motifs is 1. The number of alkyl halides is 1. The zero-order valence-electron chi connectivity index (χ0n) is 19.4. The second kappa shape index (κ2) is 11.0. The predicted molar refractivity (Wildman–Crippen MR) is 135 cm³/mol. The van der Waals surface area contributed by atoms with Crippen molar-refractivity contribution in [3.8, 4) is 12.0 Å². The molecule has 33 heavy (non-hydrogen) atoms. The van der Waals surface area contributed by atoms with Crippen molar-refractivity contribution in [2.24, 2.45) is 0 Å². The van der Waals surface area contributed by atoms with Gasteiger partial charge in [-0.25, -0.2) is 0 Å². The number of imidazole rings is 1. The van der Waals surface area contributed by atoms with Crippen LogP contribution in [0.2, 0.25) is 0 Å². The molecule has 0 bridgehead atoms. The third-order valence-corrected chi connectivity index (χ3v) is 5.21. The van der Waals surface area contributed by atoms with Crippen LogP contribution >= 0.6 is 22.6 Å². The maximum absolute atomic E-state index is 12.3. The highest BCUT2D eigenvalue weighted by molar-refractivity contribution is 14.1. The summed E-state index contributed by atoms with van der Waals surface area (Å²) in [5.74, 6) is -0.0283. The molecule has 0 amide bonds. The van der Waals surface area contributed by atoms with Crippen LogP contribution in [0.3, 0.4) is 0 Å². The van der Waals surface area contributed by atoms with Gasteiger partial charge in [-0.3, -0.25) is 9.36 Å². The number of carbonyl (C=O) groups is 1. The van der Waals surface area contributed by atoms with E-state index in [-0.39, 0.29) is 24.2 Å². The molecule has 10 heteroatoms.